The number of anilines is 1. The standard InChI is InChI=1S/C16H18BrNO2/c1-3-14(11-5-4-6-12(17)9-11)18-13-7-8-16(20-2)15(19)10-13/h4-10,14,18-19H,3H2,1-2H3. The number of hydrogen-bond donors (Lipinski definition) is 2. The summed E-state index contributed by atoms with van der Waals surface area (Å²) < 4.78 is 6.11. The molecule has 2 N–H and O–H groups in total. The molecule has 0 fully saturated rings. The van der Waals surface area contributed by atoms with Crippen molar-refractivity contribution >= 4 is 21.6 Å². The molecule has 2 rings (SSSR count). The lowest BCUT2D eigenvalue weighted by atomic mass is 10.0. The minimum atomic E-state index is 0.140. The van der Waals surface area contributed by atoms with Crippen molar-refractivity contribution < 1.29 is 9.84 Å². The van der Waals surface area contributed by atoms with Crippen LogP contribution in [0.4, 0.5) is 5.69 Å². The van der Waals surface area contributed by atoms with E-state index in [-0.39, 0.29) is 11.8 Å². The number of ether oxygens (including phenoxy) is 1. The molecule has 0 aliphatic carbocycles. The largest absolute Gasteiger partial charge is 0.504 e. The van der Waals surface area contributed by atoms with E-state index in [0.29, 0.717) is 5.75 Å². The summed E-state index contributed by atoms with van der Waals surface area (Å²) in [7, 11) is 1.54. The Hall–Kier alpha value is -1.68. The van der Waals surface area contributed by atoms with Gasteiger partial charge in [-0.2, -0.15) is 0 Å². The molecule has 0 heterocycles. The van der Waals surface area contributed by atoms with Crippen LogP contribution in [0.1, 0.15) is 24.9 Å². The first kappa shape index (κ1) is 14.7. The van der Waals surface area contributed by atoms with E-state index >= 15 is 0 Å². The van der Waals surface area contributed by atoms with E-state index in [0.717, 1.165) is 16.6 Å². The Balaban J connectivity index is 2.20. The monoisotopic (exact) mass is 335 g/mol. The number of methoxy groups -OCH3 is 1. The lowest BCUT2D eigenvalue weighted by Crippen LogP contribution is -2.09. The van der Waals surface area contributed by atoms with Crippen LogP contribution in [-0.4, -0.2) is 12.2 Å². The van der Waals surface area contributed by atoms with Gasteiger partial charge in [0.25, 0.3) is 0 Å². The Morgan fingerprint density at radius 3 is 2.65 bits per heavy atom. The van der Waals surface area contributed by atoms with Crippen molar-refractivity contribution in [3.05, 3.63) is 52.5 Å². The number of phenols is 1. The summed E-state index contributed by atoms with van der Waals surface area (Å²) in [5.41, 5.74) is 2.08. The van der Waals surface area contributed by atoms with Crippen molar-refractivity contribution in [1.29, 1.82) is 0 Å². The molecule has 0 saturated carbocycles. The summed E-state index contributed by atoms with van der Waals surface area (Å²) in [6, 6.07) is 13.8. The maximum Gasteiger partial charge on any atom is 0.160 e. The maximum absolute atomic E-state index is 9.82. The number of hydrogen-bond acceptors (Lipinski definition) is 3. The highest BCUT2D eigenvalue weighted by molar-refractivity contribution is 9.10. The van der Waals surface area contributed by atoms with Crippen LogP contribution < -0.4 is 10.1 Å². The third kappa shape index (κ3) is 3.45. The molecule has 2 aromatic carbocycles. The van der Waals surface area contributed by atoms with Crippen LogP contribution in [0.5, 0.6) is 11.5 Å². The van der Waals surface area contributed by atoms with E-state index in [9.17, 15) is 5.11 Å². The number of benzene rings is 2. The van der Waals surface area contributed by atoms with Gasteiger partial charge in [-0.1, -0.05) is 35.0 Å². The van der Waals surface area contributed by atoms with E-state index in [4.69, 9.17) is 4.74 Å². The van der Waals surface area contributed by atoms with Crippen molar-refractivity contribution in [2.45, 2.75) is 19.4 Å². The highest BCUT2D eigenvalue weighted by Gasteiger charge is 2.10. The highest BCUT2D eigenvalue weighted by Crippen LogP contribution is 2.31. The molecule has 2 aromatic rings. The fourth-order valence-corrected chi connectivity index (χ4v) is 2.54. The van der Waals surface area contributed by atoms with E-state index in [1.165, 1.54) is 5.56 Å². The molecule has 20 heavy (non-hydrogen) atoms. The maximum atomic E-state index is 9.82. The summed E-state index contributed by atoms with van der Waals surface area (Å²) >= 11 is 3.49. The van der Waals surface area contributed by atoms with E-state index in [1.54, 1.807) is 19.2 Å². The lowest BCUT2D eigenvalue weighted by molar-refractivity contribution is 0.373. The number of phenolic OH excluding ortho intramolecular Hbond substituents is 1. The molecule has 0 bridgehead atoms. The predicted molar refractivity (Wildman–Crippen MR) is 85.5 cm³/mol. The molecule has 0 aromatic heterocycles. The second kappa shape index (κ2) is 6.66. The molecular formula is C16H18BrNO2. The van der Waals surface area contributed by atoms with Crippen LogP contribution in [0, 0.1) is 0 Å². The Morgan fingerprint density at radius 1 is 1.25 bits per heavy atom. The summed E-state index contributed by atoms with van der Waals surface area (Å²) in [6.45, 7) is 2.13. The van der Waals surface area contributed by atoms with Gasteiger partial charge in [0, 0.05) is 16.2 Å². The Labute approximate surface area is 127 Å². The zero-order chi connectivity index (χ0) is 14.5. The van der Waals surface area contributed by atoms with E-state index in [2.05, 4.69) is 40.3 Å². The first-order valence-corrected chi connectivity index (χ1v) is 7.32. The highest BCUT2D eigenvalue weighted by atomic mass is 79.9. The molecule has 4 heteroatoms. The number of halogens is 1. The molecule has 0 spiro atoms. The average Bonchev–Trinajstić information content (AvgIpc) is 2.45. The van der Waals surface area contributed by atoms with E-state index < -0.39 is 0 Å². The van der Waals surface area contributed by atoms with Gasteiger partial charge in [-0.3, -0.25) is 0 Å². The zero-order valence-electron chi connectivity index (χ0n) is 11.6. The van der Waals surface area contributed by atoms with Gasteiger partial charge < -0.3 is 15.2 Å². The van der Waals surface area contributed by atoms with Gasteiger partial charge in [0.1, 0.15) is 0 Å². The Bertz CT molecular complexity index is 586. The lowest BCUT2D eigenvalue weighted by Gasteiger charge is -2.19. The Morgan fingerprint density at radius 2 is 2.05 bits per heavy atom. The summed E-state index contributed by atoms with van der Waals surface area (Å²) in [6.07, 6.45) is 0.948. The van der Waals surface area contributed by atoms with Gasteiger partial charge in [0.05, 0.1) is 13.2 Å². The third-order valence-corrected chi connectivity index (χ3v) is 3.67. The minimum absolute atomic E-state index is 0.140. The van der Waals surface area contributed by atoms with Crippen LogP contribution >= 0.6 is 15.9 Å². The van der Waals surface area contributed by atoms with Crippen LogP contribution in [0.25, 0.3) is 0 Å². The Kier molecular flexibility index (Phi) is 4.90. The van der Waals surface area contributed by atoms with Gasteiger partial charge in [0.2, 0.25) is 0 Å². The summed E-state index contributed by atoms with van der Waals surface area (Å²) in [4.78, 5) is 0. The van der Waals surface area contributed by atoms with Crippen molar-refractivity contribution in [3.63, 3.8) is 0 Å². The predicted octanol–water partition coefficient (Wildman–Crippen LogP) is 4.73. The zero-order valence-corrected chi connectivity index (χ0v) is 13.1. The first-order valence-electron chi connectivity index (χ1n) is 6.53. The summed E-state index contributed by atoms with van der Waals surface area (Å²) in [5.74, 6) is 0.618. The molecule has 0 radical (unpaired) electrons. The SMILES string of the molecule is CCC(Nc1ccc(OC)c(O)c1)c1cccc(Br)c1. The quantitative estimate of drug-likeness (QED) is 0.830. The van der Waals surface area contributed by atoms with Crippen LogP contribution in [0.2, 0.25) is 0 Å². The number of aromatic hydroxyl groups is 1. The molecule has 0 amide bonds. The van der Waals surface area contributed by atoms with Crippen LogP contribution in [0.3, 0.4) is 0 Å². The molecule has 1 atom stereocenters. The molecule has 106 valence electrons. The normalized spacial score (nSPS) is 11.9. The smallest absolute Gasteiger partial charge is 0.160 e. The van der Waals surface area contributed by atoms with Gasteiger partial charge >= 0.3 is 0 Å². The molecule has 0 aliphatic rings. The van der Waals surface area contributed by atoms with Crippen molar-refractivity contribution in [3.8, 4) is 11.5 Å². The molecule has 0 saturated heterocycles. The average molecular weight is 336 g/mol. The fraction of sp³-hybridized carbons (Fsp3) is 0.250. The topological polar surface area (TPSA) is 41.5 Å². The fourth-order valence-electron chi connectivity index (χ4n) is 2.13. The molecule has 3 nitrogen and oxygen atoms in total. The van der Waals surface area contributed by atoms with Gasteiger partial charge in [-0.05, 0) is 36.2 Å². The molecule has 0 aliphatic heterocycles. The van der Waals surface area contributed by atoms with Gasteiger partial charge in [-0.25, -0.2) is 0 Å². The number of rotatable bonds is 5. The first-order chi connectivity index (χ1) is 9.63. The minimum Gasteiger partial charge on any atom is -0.504 e. The van der Waals surface area contributed by atoms with Crippen molar-refractivity contribution in [1.82, 2.24) is 0 Å². The third-order valence-electron chi connectivity index (χ3n) is 3.18. The number of nitrogens with one attached hydrogen (secondary N) is 1. The molecular weight excluding hydrogens is 318 g/mol. The van der Waals surface area contributed by atoms with Crippen LogP contribution in [-0.2, 0) is 0 Å². The van der Waals surface area contributed by atoms with Crippen molar-refractivity contribution in [2.24, 2.45) is 0 Å². The van der Waals surface area contributed by atoms with E-state index in [1.807, 2.05) is 18.2 Å². The second-order valence-electron chi connectivity index (χ2n) is 4.55. The van der Waals surface area contributed by atoms with Crippen LogP contribution in [0.15, 0.2) is 46.9 Å². The van der Waals surface area contributed by atoms with Gasteiger partial charge in [-0.15, -0.1) is 0 Å². The van der Waals surface area contributed by atoms with Crippen molar-refractivity contribution in [2.75, 3.05) is 12.4 Å². The molecule has 1 unspecified atom stereocenters. The van der Waals surface area contributed by atoms with Gasteiger partial charge in [0.15, 0.2) is 11.5 Å². The second-order valence-corrected chi connectivity index (χ2v) is 5.46. The summed E-state index contributed by atoms with van der Waals surface area (Å²) in [5, 5.41) is 13.2.